The van der Waals surface area contributed by atoms with Crippen LogP contribution in [0.3, 0.4) is 0 Å². The van der Waals surface area contributed by atoms with E-state index in [2.05, 4.69) is 13.5 Å². The highest BCUT2D eigenvalue weighted by Crippen LogP contribution is 2.61. The number of hydrogen-bond donors (Lipinski definition) is 2. The van der Waals surface area contributed by atoms with Crippen molar-refractivity contribution in [1.82, 2.24) is 0 Å². The summed E-state index contributed by atoms with van der Waals surface area (Å²) in [4.78, 5) is 37.8. The Kier molecular flexibility index (Phi) is 5.22. The third kappa shape index (κ3) is 3.01. The van der Waals surface area contributed by atoms with Gasteiger partial charge in [0.15, 0.2) is 0 Å². The molecule has 0 heterocycles. The molecule has 1 aromatic rings. The van der Waals surface area contributed by atoms with Crippen LogP contribution in [0.5, 0.6) is 0 Å². The second kappa shape index (κ2) is 7.43. The van der Waals surface area contributed by atoms with E-state index in [0.717, 1.165) is 42.4 Å². The predicted molar refractivity (Wildman–Crippen MR) is 122 cm³/mol. The Morgan fingerprint density at radius 3 is 2.50 bits per heavy atom. The van der Waals surface area contributed by atoms with Crippen molar-refractivity contribution < 1.29 is 24.6 Å². The van der Waals surface area contributed by atoms with E-state index in [4.69, 9.17) is 0 Å². The predicted octanol–water partition coefficient (Wildman–Crippen LogP) is 5.46. The number of carbonyl (C=O) groups excluding carboxylic acids is 2. The number of benzene rings is 1. The van der Waals surface area contributed by atoms with E-state index in [1.54, 1.807) is 6.07 Å². The molecule has 0 aliphatic heterocycles. The Balaban J connectivity index is 1.83. The van der Waals surface area contributed by atoms with Crippen LogP contribution < -0.4 is 0 Å². The number of ketones is 2. The lowest BCUT2D eigenvalue weighted by Crippen LogP contribution is -2.53. The van der Waals surface area contributed by atoms with E-state index < -0.39 is 23.0 Å². The van der Waals surface area contributed by atoms with Crippen LogP contribution in [-0.2, 0) is 16.0 Å². The molecule has 0 saturated heterocycles. The van der Waals surface area contributed by atoms with Crippen LogP contribution in [-0.4, -0.2) is 27.7 Å². The molecule has 3 aliphatic carbocycles. The van der Waals surface area contributed by atoms with Gasteiger partial charge >= 0.3 is 5.97 Å². The average molecular weight is 437 g/mol. The van der Waals surface area contributed by atoms with Crippen molar-refractivity contribution in [3.05, 3.63) is 52.1 Å². The summed E-state index contributed by atoms with van der Waals surface area (Å²) in [5.74, 6) is -2.08. The van der Waals surface area contributed by atoms with Crippen LogP contribution in [0.2, 0.25) is 0 Å². The van der Waals surface area contributed by atoms with Crippen LogP contribution in [0, 0.1) is 29.6 Å². The average Bonchev–Trinajstić information content (AvgIpc) is 2.73. The lowest BCUT2D eigenvalue weighted by atomic mass is 9.46. The molecule has 0 amide bonds. The number of rotatable bonds is 3. The van der Waals surface area contributed by atoms with Crippen LogP contribution >= 0.6 is 0 Å². The number of carbonyl (C=O) groups is 3. The fourth-order valence-corrected chi connectivity index (χ4v) is 6.85. The monoisotopic (exact) mass is 436 g/mol. The minimum absolute atomic E-state index is 0.00229. The summed E-state index contributed by atoms with van der Waals surface area (Å²) in [5.41, 5.74) is 2.51. The first-order valence-corrected chi connectivity index (χ1v) is 11.5. The summed E-state index contributed by atoms with van der Waals surface area (Å²) in [6, 6.07) is 3.59. The number of aliphatic hydroxyl groups is 1. The second-order valence-electron chi connectivity index (χ2n) is 10.5. The first-order chi connectivity index (χ1) is 14.9. The van der Waals surface area contributed by atoms with Crippen molar-refractivity contribution in [2.45, 2.75) is 66.2 Å². The minimum Gasteiger partial charge on any atom is -0.507 e. The highest BCUT2D eigenvalue weighted by atomic mass is 16.4. The van der Waals surface area contributed by atoms with Gasteiger partial charge in [0, 0.05) is 16.7 Å². The van der Waals surface area contributed by atoms with E-state index >= 15 is 0 Å². The maximum atomic E-state index is 13.0. The molecular formula is C27H32O5. The van der Waals surface area contributed by atoms with Gasteiger partial charge in [0.2, 0.25) is 11.6 Å². The standard InChI is InChI=1S/C27H32O5/c1-14-7-9-17-21(24(30)23(29)16(3)22(17)28)18(14)13-19-15(2)8-10-20-26(19,4)11-6-12-27(20,5)25(31)32/h7,9,19-20,28H,2,6,8,10-13H2,1,3-5H3,(H,31,32)/t19-,20+,26+,27+/m0/s1. The zero-order valence-electron chi connectivity index (χ0n) is 19.4. The summed E-state index contributed by atoms with van der Waals surface area (Å²) in [6.07, 6.45) is 4.51. The number of fused-ring (bicyclic) bond motifs is 2. The van der Waals surface area contributed by atoms with Gasteiger partial charge in [-0.2, -0.15) is 0 Å². The zero-order chi connectivity index (χ0) is 23.6. The van der Waals surface area contributed by atoms with Gasteiger partial charge in [-0.3, -0.25) is 14.4 Å². The topological polar surface area (TPSA) is 91.7 Å². The Morgan fingerprint density at radius 1 is 1.16 bits per heavy atom. The maximum Gasteiger partial charge on any atom is 0.309 e. The summed E-state index contributed by atoms with van der Waals surface area (Å²) in [7, 11) is 0. The molecular weight excluding hydrogens is 404 g/mol. The maximum absolute atomic E-state index is 13.0. The van der Waals surface area contributed by atoms with Gasteiger partial charge in [0.05, 0.1) is 5.41 Å². The third-order valence-corrected chi connectivity index (χ3v) is 8.85. The van der Waals surface area contributed by atoms with Gasteiger partial charge in [-0.05, 0) is 81.3 Å². The molecule has 3 aliphatic rings. The van der Waals surface area contributed by atoms with Gasteiger partial charge in [0.25, 0.3) is 0 Å². The van der Waals surface area contributed by atoms with Gasteiger partial charge in [-0.15, -0.1) is 0 Å². The number of carboxylic acid groups (broad SMARTS) is 1. The van der Waals surface area contributed by atoms with Crippen LogP contribution in [0.4, 0.5) is 0 Å². The van der Waals surface area contributed by atoms with Crippen molar-refractivity contribution in [2.75, 3.05) is 0 Å². The molecule has 0 spiro atoms. The fraction of sp³-hybridized carbons (Fsp3) is 0.519. The molecule has 0 unspecified atom stereocenters. The number of aliphatic carboxylic acids is 1. The lowest BCUT2D eigenvalue weighted by molar-refractivity contribution is -0.164. The Bertz CT molecular complexity index is 1090. The Labute approximate surface area is 189 Å². The molecule has 2 saturated carbocycles. The number of aliphatic hydroxyl groups excluding tert-OH is 1. The van der Waals surface area contributed by atoms with Gasteiger partial charge in [0.1, 0.15) is 5.76 Å². The largest absolute Gasteiger partial charge is 0.507 e. The summed E-state index contributed by atoms with van der Waals surface area (Å²) >= 11 is 0. The summed E-state index contributed by atoms with van der Waals surface area (Å²) < 4.78 is 0. The van der Waals surface area contributed by atoms with Crippen LogP contribution in [0.25, 0.3) is 5.76 Å². The minimum atomic E-state index is -0.777. The van der Waals surface area contributed by atoms with Crippen LogP contribution in [0.15, 0.2) is 29.9 Å². The molecule has 4 atom stereocenters. The first kappa shape index (κ1) is 22.5. The lowest BCUT2D eigenvalue weighted by Gasteiger charge is -2.57. The zero-order valence-corrected chi connectivity index (χ0v) is 19.4. The highest BCUT2D eigenvalue weighted by Gasteiger charge is 2.57. The molecule has 2 fully saturated rings. The van der Waals surface area contributed by atoms with Crippen LogP contribution in [0.1, 0.15) is 79.9 Å². The normalized spacial score (nSPS) is 32.6. The molecule has 2 N–H and O–H groups in total. The van der Waals surface area contributed by atoms with E-state index in [1.165, 1.54) is 6.92 Å². The summed E-state index contributed by atoms with van der Waals surface area (Å²) in [6.45, 7) is 11.8. The third-order valence-electron chi connectivity index (χ3n) is 8.85. The Morgan fingerprint density at radius 2 is 1.84 bits per heavy atom. The number of carboxylic acids is 1. The van der Waals surface area contributed by atoms with E-state index in [9.17, 15) is 24.6 Å². The SMILES string of the molecule is C=C1CC[C@@H]2[C@](C)(CCC[C@@]2(C)C(=O)O)[C@H]1Cc1c(C)ccc2c1C(=O)C(=O)C(C)=C2O. The van der Waals surface area contributed by atoms with Crippen molar-refractivity contribution in [3.63, 3.8) is 0 Å². The summed E-state index contributed by atoms with van der Waals surface area (Å²) in [5, 5.41) is 20.7. The quantitative estimate of drug-likeness (QED) is 0.485. The number of Topliss-reactive ketones (excluding diaryl/α,β-unsaturated/α-hetero) is 2. The van der Waals surface area contributed by atoms with Crippen molar-refractivity contribution in [3.8, 4) is 0 Å². The molecule has 1 aromatic carbocycles. The molecule has 32 heavy (non-hydrogen) atoms. The molecule has 0 aromatic heterocycles. The molecule has 170 valence electrons. The van der Waals surface area contributed by atoms with E-state index in [1.807, 2.05) is 19.9 Å². The molecule has 0 bridgehead atoms. The van der Waals surface area contributed by atoms with Gasteiger partial charge in [-0.1, -0.05) is 37.6 Å². The first-order valence-electron chi connectivity index (χ1n) is 11.5. The Hall–Kier alpha value is -2.69. The van der Waals surface area contributed by atoms with E-state index in [0.29, 0.717) is 24.0 Å². The van der Waals surface area contributed by atoms with Crippen molar-refractivity contribution in [1.29, 1.82) is 0 Å². The molecule has 4 rings (SSSR count). The fourth-order valence-electron chi connectivity index (χ4n) is 6.85. The van der Waals surface area contributed by atoms with Gasteiger partial charge in [-0.25, -0.2) is 0 Å². The van der Waals surface area contributed by atoms with Gasteiger partial charge < -0.3 is 10.2 Å². The number of hydrogen-bond acceptors (Lipinski definition) is 4. The highest BCUT2D eigenvalue weighted by molar-refractivity contribution is 6.52. The molecule has 5 heteroatoms. The smallest absolute Gasteiger partial charge is 0.309 e. The van der Waals surface area contributed by atoms with Crippen molar-refractivity contribution >= 4 is 23.3 Å². The van der Waals surface area contributed by atoms with Crippen molar-refractivity contribution in [2.24, 2.45) is 22.7 Å². The number of aryl methyl sites for hydroxylation is 1. The number of allylic oxidation sites excluding steroid dienone is 2. The molecule has 5 nitrogen and oxygen atoms in total. The second-order valence-corrected chi connectivity index (χ2v) is 10.5. The molecule has 0 radical (unpaired) electrons. The van der Waals surface area contributed by atoms with E-state index in [-0.39, 0.29) is 28.6 Å².